The number of aromatic nitrogens is 1. The highest BCUT2D eigenvalue weighted by Crippen LogP contribution is 2.17. The van der Waals surface area contributed by atoms with Crippen LogP contribution in [-0.2, 0) is 0 Å². The number of nitrogens with zero attached hydrogens (tertiary/aromatic N) is 1. The molecule has 1 unspecified atom stereocenters. The molecule has 0 radical (unpaired) electrons. The van der Waals surface area contributed by atoms with E-state index in [4.69, 9.17) is 5.73 Å². The van der Waals surface area contributed by atoms with Crippen LogP contribution in [0, 0.1) is 0 Å². The third kappa shape index (κ3) is 2.85. The van der Waals surface area contributed by atoms with Crippen LogP contribution in [0.4, 0.5) is 11.5 Å². The number of pyridine rings is 1. The maximum Gasteiger partial charge on any atom is 0.126 e. The lowest BCUT2D eigenvalue weighted by atomic mass is 10.2. The number of hydrogen-bond donors (Lipinski definition) is 3. The third-order valence-corrected chi connectivity index (χ3v) is 2.70. The van der Waals surface area contributed by atoms with Crippen molar-refractivity contribution in [2.24, 2.45) is 0 Å². The van der Waals surface area contributed by atoms with Gasteiger partial charge in [-0.2, -0.15) is 0 Å². The summed E-state index contributed by atoms with van der Waals surface area (Å²) in [6.45, 7) is 2.47. The summed E-state index contributed by atoms with van der Waals surface area (Å²) in [5.41, 5.74) is 7.34. The van der Waals surface area contributed by atoms with Gasteiger partial charge in [-0.3, -0.25) is 0 Å². The molecule has 0 aliphatic carbocycles. The van der Waals surface area contributed by atoms with Gasteiger partial charge in [-0.05, 0) is 36.8 Å². The molecule has 0 amide bonds. The van der Waals surface area contributed by atoms with E-state index in [9.17, 15) is 5.11 Å². The van der Waals surface area contributed by atoms with Gasteiger partial charge in [-0.15, -0.1) is 0 Å². The monoisotopic (exact) mass is 231 g/mol. The predicted octanol–water partition coefficient (Wildman–Crippen LogP) is 2.00. The summed E-state index contributed by atoms with van der Waals surface area (Å²) in [5.74, 6) is 0.773. The minimum absolute atomic E-state index is 0.334. The van der Waals surface area contributed by atoms with E-state index >= 15 is 0 Å². The molecule has 1 atom stereocenters. The number of aliphatic hydroxyl groups excluding tert-OH is 1. The Morgan fingerprint density at radius 3 is 2.94 bits per heavy atom. The molecule has 4 nitrogen and oxygen atoms in total. The van der Waals surface area contributed by atoms with Gasteiger partial charge in [0.25, 0.3) is 0 Å². The molecule has 0 saturated heterocycles. The Kier molecular flexibility index (Phi) is 3.44. The smallest absolute Gasteiger partial charge is 0.126 e. The molecule has 1 aromatic carbocycles. The van der Waals surface area contributed by atoms with Crippen molar-refractivity contribution in [2.75, 3.05) is 17.6 Å². The van der Waals surface area contributed by atoms with Gasteiger partial charge >= 0.3 is 0 Å². The molecular weight excluding hydrogens is 214 g/mol. The number of hydrogen-bond acceptors (Lipinski definition) is 4. The van der Waals surface area contributed by atoms with Gasteiger partial charge in [0.2, 0.25) is 0 Å². The van der Waals surface area contributed by atoms with E-state index in [1.165, 1.54) is 0 Å². The second-order valence-electron chi connectivity index (χ2n) is 4.09. The van der Waals surface area contributed by atoms with E-state index in [2.05, 4.69) is 10.3 Å². The summed E-state index contributed by atoms with van der Waals surface area (Å²) in [6, 6.07) is 9.49. The molecule has 0 spiro atoms. The lowest BCUT2D eigenvalue weighted by Crippen LogP contribution is -2.18. The lowest BCUT2D eigenvalue weighted by molar-refractivity contribution is 0.183. The minimum atomic E-state index is -0.334. The van der Waals surface area contributed by atoms with Crippen LogP contribution in [0.2, 0.25) is 0 Å². The highest BCUT2D eigenvalue weighted by molar-refractivity contribution is 5.83. The Morgan fingerprint density at radius 1 is 1.35 bits per heavy atom. The first kappa shape index (κ1) is 11.7. The van der Waals surface area contributed by atoms with Crippen molar-refractivity contribution in [1.29, 1.82) is 0 Å². The van der Waals surface area contributed by atoms with Gasteiger partial charge in [0, 0.05) is 17.6 Å². The van der Waals surface area contributed by atoms with Crippen molar-refractivity contribution < 1.29 is 5.11 Å². The van der Waals surface area contributed by atoms with Gasteiger partial charge in [0.1, 0.15) is 5.82 Å². The highest BCUT2D eigenvalue weighted by Gasteiger charge is 2.02. The fourth-order valence-electron chi connectivity index (χ4n) is 1.61. The van der Waals surface area contributed by atoms with E-state index in [1.54, 1.807) is 0 Å². The quantitative estimate of drug-likeness (QED) is 0.704. The molecule has 17 heavy (non-hydrogen) atoms. The maximum absolute atomic E-state index is 9.46. The van der Waals surface area contributed by atoms with Gasteiger partial charge in [0.15, 0.2) is 0 Å². The van der Waals surface area contributed by atoms with Crippen molar-refractivity contribution >= 4 is 22.4 Å². The van der Waals surface area contributed by atoms with Gasteiger partial charge in [-0.25, -0.2) is 4.98 Å². The van der Waals surface area contributed by atoms with Crippen LogP contribution in [0.1, 0.15) is 13.3 Å². The Balaban J connectivity index is 2.17. The summed E-state index contributed by atoms with van der Waals surface area (Å²) in [6.07, 6.45) is 0.399. The zero-order valence-electron chi connectivity index (χ0n) is 9.85. The van der Waals surface area contributed by atoms with E-state index in [0.29, 0.717) is 6.54 Å². The first-order chi connectivity index (χ1) is 8.19. The van der Waals surface area contributed by atoms with E-state index in [1.807, 2.05) is 37.3 Å². The Morgan fingerprint density at radius 2 is 2.18 bits per heavy atom. The molecule has 1 aromatic heterocycles. The molecule has 4 heteroatoms. The van der Waals surface area contributed by atoms with Gasteiger partial charge < -0.3 is 16.2 Å². The van der Waals surface area contributed by atoms with Crippen LogP contribution in [0.3, 0.4) is 0 Å². The van der Waals surface area contributed by atoms with Gasteiger partial charge in [-0.1, -0.05) is 6.92 Å². The van der Waals surface area contributed by atoms with Crippen LogP contribution in [0.15, 0.2) is 30.3 Å². The molecular formula is C13H17N3O. The molecule has 1 heterocycles. The normalized spacial score (nSPS) is 12.6. The first-order valence-electron chi connectivity index (χ1n) is 5.77. The van der Waals surface area contributed by atoms with Crippen molar-refractivity contribution in [1.82, 2.24) is 4.98 Å². The Hall–Kier alpha value is -1.81. The number of nitrogen functional groups attached to an aromatic ring is 1. The van der Waals surface area contributed by atoms with E-state index < -0.39 is 0 Å². The fraction of sp³-hybridized carbons (Fsp3) is 0.308. The average molecular weight is 231 g/mol. The molecule has 4 N–H and O–H groups in total. The predicted molar refractivity (Wildman–Crippen MR) is 70.9 cm³/mol. The van der Waals surface area contributed by atoms with E-state index in [-0.39, 0.29) is 6.10 Å². The highest BCUT2D eigenvalue weighted by atomic mass is 16.3. The number of nitrogens with two attached hydrogens (primary N) is 1. The van der Waals surface area contributed by atoms with Crippen LogP contribution >= 0.6 is 0 Å². The SMILES string of the molecule is CCC(O)CNc1ccc2cc(N)ccc2n1. The molecule has 90 valence electrons. The first-order valence-corrected chi connectivity index (χ1v) is 5.77. The zero-order valence-corrected chi connectivity index (χ0v) is 9.85. The minimum Gasteiger partial charge on any atom is -0.399 e. The Labute approximate surface area is 100 Å². The van der Waals surface area contributed by atoms with Crippen LogP contribution in [0.25, 0.3) is 10.9 Å². The molecule has 2 rings (SSSR count). The number of nitrogens with one attached hydrogen (secondary N) is 1. The van der Waals surface area contributed by atoms with Crippen LogP contribution in [-0.4, -0.2) is 22.7 Å². The molecule has 0 bridgehead atoms. The second-order valence-corrected chi connectivity index (χ2v) is 4.09. The van der Waals surface area contributed by atoms with Crippen molar-refractivity contribution in [2.45, 2.75) is 19.4 Å². The summed E-state index contributed by atoms with van der Waals surface area (Å²) in [7, 11) is 0. The van der Waals surface area contributed by atoms with Crippen LogP contribution < -0.4 is 11.1 Å². The zero-order chi connectivity index (χ0) is 12.3. The van der Waals surface area contributed by atoms with Crippen molar-refractivity contribution in [3.8, 4) is 0 Å². The second kappa shape index (κ2) is 5.01. The Bertz CT molecular complexity index is 513. The number of rotatable bonds is 4. The topological polar surface area (TPSA) is 71.2 Å². The van der Waals surface area contributed by atoms with Gasteiger partial charge in [0.05, 0.1) is 11.6 Å². The standard InChI is InChI=1S/C13H17N3O/c1-2-11(17)8-15-13-6-3-9-7-10(14)4-5-12(9)16-13/h3-7,11,17H,2,8,14H2,1H3,(H,15,16). The lowest BCUT2D eigenvalue weighted by Gasteiger charge is -2.10. The summed E-state index contributed by atoms with van der Waals surface area (Å²) in [4.78, 5) is 4.44. The van der Waals surface area contributed by atoms with Crippen LogP contribution in [0.5, 0.6) is 0 Å². The number of fused-ring (bicyclic) bond motifs is 1. The maximum atomic E-state index is 9.46. The molecule has 0 saturated carbocycles. The number of anilines is 2. The molecule has 0 aliphatic heterocycles. The molecule has 0 fully saturated rings. The third-order valence-electron chi connectivity index (χ3n) is 2.70. The summed E-state index contributed by atoms with van der Waals surface area (Å²) < 4.78 is 0. The largest absolute Gasteiger partial charge is 0.399 e. The summed E-state index contributed by atoms with van der Waals surface area (Å²) in [5, 5.41) is 13.6. The summed E-state index contributed by atoms with van der Waals surface area (Å²) >= 11 is 0. The number of benzene rings is 1. The van der Waals surface area contributed by atoms with Crippen molar-refractivity contribution in [3.05, 3.63) is 30.3 Å². The molecule has 0 aliphatic rings. The van der Waals surface area contributed by atoms with E-state index in [0.717, 1.165) is 28.8 Å². The average Bonchev–Trinajstić information content (AvgIpc) is 2.35. The molecule has 2 aromatic rings. The van der Waals surface area contributed by atoms with Crippen molar-refractivity contribution in [3.63, 3.8) is 0 Å². The fourth-order valence-corrected chi connectivity index (χ4v) is 1.61. The number of aliphatic hydroxyl groups is 1.